The number of Topliss-reactive ketones (excluding diaryl/α,β-unsaturated/α-hetero) is 1. The fourth-order valence-electron chi connectivity index (χ4n) is 5.16. The van der Waals surface area contributed by atoms with E-state index in [-0.39, 0.29) is 36.3 Å². The Morgan fingerprint density at radius 3 is 2.66 bits per heavy atom. The lowest BCUT2D eigenvalue weighted by molar-refractivity contribution is -0.138. The largest absolute Gasteiger partial charge is 0.378 e. The van der Waals surface area contributed by atoms with Crippen LogP contribution in [0.2, 0.25) is 0 Å². The van der Waals surface area contributed by atoms with Gasteiger partial charge in [-0.15, -0.1) is 11.6 Å². The summed E-state index contributed by atoms with van der Waals surface area (Å²) in [6, 6.07) is -1.56. The summed E-state index contributed by atoms with van der Waals surface area (Å²) in [7, 11) is 0. The van der Waals surface area contributed by atoms with Crippen LogP contribution in [0.25, 0.3) is 0 Å². The van der Waals surface area contributed by atoms with Crippen molar-refractivity contribution in [3.05, 3.63) is 0 Å². The van der Waals surface area contributed by atoms with Gasteiger partial charge < -0.3 is 24.6 Å². The number of carbonyl (C=O) groups excluding carboxylic acids is 3. The van der Waals surface area contributed by atoms with E-state index in [2.05, 4.69) is 12.2 Å². The van der Waals surface area contributed by atoms with E-state index in [9.17, 15) is 14.4 Å². The number of amides is 3. The van der Waals surface area contributed by atoms with Crippen LogP contribution < -0.4 is 5.32 Å². The number of hydrogen-bond acceptors (Lipinski definition) is 5. The number of alkyl halides is 1. The average Bonchev–Trinajstić information content (AvgIpc) is 3.40. The Labute approximate surface area is 176 Å². The Balaban J connectivity index is 1.51. The van der Waals surface area contributed by atoms with E-state index in [0.29, 0.717) is 32.7 Å². The highest BCUT2D eigenvalue weighted by Crippen LogP contribution is 2.42. The van der Waals surface area contributed by atoms with Crippen LogP contribution in [0.4, 0.5) is 4.79 Å². The molecular weight excluding hydrogens is 398 g/mol. The lowest BCUT2D eigenvalue weighted by atomic mass is 9.81. The van der Waals surface area contributed by atoms with Crippen LogP contribution in [-0.2, 0) is 19.1 Å². The van der Waals surface area contributed by atoms with Gasteiger partial charge in [-0.25, -0.2) is 4.79 Å². The standard InChI is InChI=1S/C20H30ClN3O5/c1-20(4-2-3-5-20)10-14(22-19(27)23-6-8-28-9-7-23)18(26)24-11-13(21)17-16(24)15(25)12-29-17/h13-14,16-17H,2-12H2,1H3,(H,22,27)/t13-,14?,16+,17+/m0/s1. The molecule has 4 rings (SSSR count). The summed E-state index contributed by atoms with van der Waals surface area (Å²) < 4.78 is 10.8. The molecule has 0 aromatic carbocycles. The highest BCUT2D eigenvalue weighted by atomic mass is 35.5. The zero-order valence-electron chi connectivity index (χ0n) is 16.9. The van der Waals surface area contributed by atoms with Crippen molar-refractivity contribution in [1.29, 1.82) is 0 Å². The molecule has 8 nitrogen and oxygen atoms in total. The lowest BCUT2D eigenvalue weighted by Crippen LogP contribution is -2.56. The zero-order chi connectivity index (χ0) is 20.6. The van der Waals surface area contributed by atoms with Crippen molar-refractivity contribution in [2.24, 2.45) is 5.41 Å². The molecule has 4 aliphatic rings. The molecule has 3 heterocycles. The van der Waals surface area contributed by atoms with Gasteiger partial charge in [-0.3, -0.25) is 9.59 Å². The van der Waals surface area contributed by atoms with Crippen LogP contribution in [0, 0.1) is 5.41 Å². The van der Waals surface area contributed by atoms with Gasteiger partial charge in [0.15, 0.2) is 5.78 Å². The summed E-state index contributed by atoms with van der Waals surface area (Å²) in [4.78, 5) is 41.9. The second kappa shape index (κ2) is 8.40. The number of fused-ring (bicyclic) bond motifs is 1. The minimum atomic E-state index is -0.676. The van der Waals surface area contributed by atoms with E-state index in [1.807, 2.05) is 0 Å². The summed E-state index contributed by atoms with van der Waals surface area (Å²) in [6.07, 6.45) is 4.47. The molecule has 1 aliphatic carbocycles. The van der Waals surface area contributed by atoms with Gasteiger partial charge in [-0.1, -0.05) is 19.8 Å². The molecule has 1 N–H and O–H groups in total. The lowest BCUT2D eigenvalue weighted by Gasteiger charge is -2.35. The number of halogens is 1. The zero-order valence-corrected chi connectivity index (χ0v) is 17.7. The van der Waals surface area contributed by atoms with Crippen molar-refractivity contribution in [3.8, 4) is 0 Å². The predicted octanol–water partition coefficient (Wildman–Crippen LogP) is 1.15. The van der Waals surface area contributed by atoms with E-state index in [4.69, 9.17) is 21.1 Å². The van der Waals surface area contributed by atoms with Gasteiger partial charge >= 0.3 is 6.03 Å². The first-order valence-electron chi connectivity index (χ1n) is 10.6. The number of ketones is 1. The van der Waals surface area contributed by atoms with E-state index >= 15 is 0 Å². The van der Waals surface area contributed by atoms with Crippen LogP contribution in [0.5, 0.6) is 0 Å². The third-order valence-electron chi connectivity index (χ3n) is 6.81. The van der Waals surface area contributed by atoms with Crippen molar-refractivity contribution < 1.29 is 23.9 Å². The first-order chi connectivity index (χ1) is 13.9. The predicted molar refractivity (Wildman–Crippen MR) is 106 cm³/mol. The molecule has 1 saturated carbocycles. The molecule has 162 valence electrons. The number of nitrogens with zero attached hydrogens (tertiary/aromatic N) is 2. The highest BCUT2D eigenvalue weighted by Gasteiger charge is 2.53. The minimum Gasteiger partial charge on any atom is -0.378 e. The second-order valence-corrected chi connectivity index (χ2v) is 9.58. The van der Waals surface area contributed by atoms with Crippen molar-refractivity contribution in [2.75, 3.05) is 39.5 Å². The Morgan fingerprint density at radius 2 is 1.97 bits per heavy atom. The van der Waals surface area contributed by atoms with Gasteiger partial charge in [-0.05, 0) is 24.7 Å². The number of morpholine rings is 1. The Kier molecular flexibility index (Phi) is 6.04. The van der Waals surface area contributed by atoms with Crippen molar-refractivity contribution in [2.45, 2.75) is 62.6 Å². The minimum absolute atomic E-state index is 0.00823. The molecule has 4 fully saturated rings. The maximum atomic E-state index is 13.5. The van der Waals surface area contributed by atoms with E-state index in [0.717, 1.165) is 25.7 Å². The summed E-state index contributed by atoms with van der Waals surface area (Å²) >= 11 is 6.37. The summed E-state index contributed by atoms with van der Waals surface area (Å²) in [5.41, 5.74) is 0.00823. The van der Waals surface area contributed by atoms with E-state index < -0.39 is 23.6 Å². The number of likely N-dealkylation sites (tertiary alicyclic amines) is 1. The number of nitrogens with one attached hydrogen (secondary N) is 1. The fourth-order valence-corrected chi connectivity index (χ4v) is 5.52. The third-order valence-corrected chi connectivity index (χ3v) is 7.19. The van der Waals surface area contributed by atoms with Crippen LogP contribution in [-0.4, -0.2) is 90.5 Å². The smallest absolute Gasteiger partial charge is 0.318 e. The molecule has 4 atom stereocenters. The Hall–Kier alpha value is -1.38. The monoisotopic (exact) mass is 427 g/mol. The first kappa shape index (κ1) is 20.9. The normalized spacial score (nSPS) is 32.3. The molecule has 0 bridgehead atoms. The van der Waals surface area contributed by atoms with Gasteiger partial charge in [0.2, 0.25) is 5.91 Å². The molecule has 3 amide bonds. The van der Waals surface area contributed by atoms with Crippen LogP contribution in [0.15, 0.2) is 0 Å². The number of carbonyl (C=O) groups is 3. The number of rotatable bonds is 4. The van der Waals surface area contributed by atoms with Gasteiger partial charge in [0.1, 0.15) is 24.8 Å². The van der Waals surface area contributed by atoms with Gasteiger partial charge in [0, 0.05) is 19.6 Å². The molecule has 0 spiro atoms. The number of hydrogen-bond donors (Lipinski definition) is 1. The van der Waals surface area contributed by atoms with Gasteiger partial charge in [0.25, 0.3) is 0 Å². The van der Waals surface area contributed by atoms with Crippen LogP contribution in [0.3, 0.4) is 0 Å². The van der Waals surface area contributed by atoms with Crippen molar-refractivity contribution >= 4 is 29.3 Å². The molecule has 9 heteroatoms. The average molecular weight is 428 g/mol. The molecule has 0 radical (unpaired) electrons. The molecule has 3 aliphatic heterocycles. The number of ether oxygens (including phenoxy) is 2. The Morgan fingerprint density at radius 1 is 1.28 bits per heavy atom. The number of urea groups is 1. The summed E-state index contributed by atoms with van der Waals surface area (Å²) in [5.74, 6) is -0.339. The van der Waals surface area contributed by atoms with E-state index in [1.54, 1.807) is 9.80 Å². The van der Waals surface area contributed by atoms with Gasteiger partial charge in [0.05, 0.1) is 18.6 Å². The SMILES string of the molecule is CC1(CC(NC(=O)N2CCOCC2)C(=O)N2C[C@H](Cl)[C@H]3OCC(=O)[C@H]32)CCCC1. The van der Waals surface area contributed by atoms with Crippen LogP contribution >= 0.6 is 11.6 Å². The highest BCUT2D eigenvalue weighted by molar-refractivity contribution is 6.22. The summed E-state index contributed by atoms with van der Waals surface area (Å²) in [6.45, 7) is 4.46. The van der Waals surface area contributed by atoms with Gasteiger partial charge in [-0.2, -0.15) is 0 Å². The quantitative estimate of drug-likeness (QED) is 0.680. The maximum Gasteiger partial charge on any atom is 0.318 e. The van der Waals surface area contributed by atoms with Crippen molar-refractivity contribution in [1.82, 2.24) is 15.1 Å². The van der Waals surface area contributed by atoms with E-state index in [1.165, 1.54) is 0 Å². The first-order valence-corrected chi connectivity index (χ1v) is 11.0. The molecular formula is C20H30ClN3O5. The Bertz CT molecular complexity index is 663. The molecule has 0 aromatic heterocycles. The fraction of sp³-hybridized carbons (Fsp3) is 0.850. The maximum absolute atomic E-state index is 13.5. The van der Waals surface area contributed by atoms with Crippen molar-refractivity contribution in [3.63, 3.8) is 0 Å². The van der Waals surface area contributed by atoms with Crippen LogP contribution in [0.1, 0.15) is 39.0 Å². The molecule has 29 heavy (non-hydrogen) atoms. The topological polar surface area (TPSA) is 88.2 Å². The molecule has 3 saturated heterocycles. The molecule has 1 unspecified atom stereocenters. The molecule has 0 aromatic rings. The third kappa shape index (κ3) is 4.25. The second-order valence-electron chi connectivity index (χ2n) is 9.02. The summed E-state index contributed by atoms with van der Waals surface area (Å²) in [5, 5.41) is 2.56.